The highest BCUT2D eigenvalue weighted by atomic mass is 19.4. The zero-order valence-electron chi connectivity index (χ0n) is 21.1. The second-order valence-electron chi connectivity index (χ2n) is 9.12. The van der Waals surface area contributed by atoms with Gasteiger partial charge in [0.15, 0.2) is 0 Å². The summed E-state index contributed by atoms with van der Waals surface area (Å²) in [5.74, 6) is -3.78. The lowest BCUT2D eigenvalue weighted by Crippen LogP contribution is -2.38. The molecule has 218 valence electrons. The Morgan fingerprint density at radius 3 is 2.10 bits per heavy atom. The number of alkyl halides is 6. The molecule has 0 bridgehead atoms. The quantitative estimate of drug-likeness (QED) is 0.462. The summed E-state index contributed by atoms with van der Waals surface area (Å²) >= 11 is 0. The Hall–Kier alpha value is -3.20. The van der Waals surface area contributed by atoms with Crippen molar-refractivity contribution in [2.75, 3.05) is 13.2 Å². The van der Waals surface area contributed by atoms with Crippen molar-refractivity contribution < 1.29 is 55.4 Å². The molecular weight excluding hydrogens is 540 g/mol. The number of nitrogens with zero attached hydrogens (tertiary/aromatic N) is 3. The largest absolute Gasteiger partial charge is 0.490 e. The Balaban J connectivity index is 0.000000317. The molecule has 0 aromatic carbocycles. The van der Waals surface area contributed by atoms with E-state index >= 15 is 0 Å². The lowest BCUT2D eigenvalue weighted by molar-refractivity contribution is -0.193. The van der Waals surface area contributed by atoms with Gasteiger partial charge in [-0.2, -0.15) is 26.3 Å². The summed E-state index contributed by atoms with van der Waals surface area (Å²) in [5, 5.41) is 18.4. The summed E-state index contributed by atoms with van der Waals surface area (Å²) in [6, 6.07) is 4.57. The Morgan fingerprint density at radius 1 is 1.08 bits per heavy atom. The number of aromatic nitrogens is 2. The van der Waals surface area contributed by atoms with E-state index in [1.165, 1.54) is 24.0 Å². The number of halogens is 6. The van der Waals surface area contributed by atoms with Gasteiger partial charge < -0.3 is 19.5 Å². The van der Waals surface area contributed by atoms with Gasteiger partial charge in [0.25, 0.3) is 0 Å². The zero-order valence-corrected chi connectivity index (χ0v) is 21.1. The van der Waals surface area contributed by atoms with Gasteiger partial charge in [0.05, 0.1) is 11.8 Å². The summed E-state index contributed by atoms with van der Waals surface area (Å²) in [7, 11) is 0. The number of hydrogen-bond acceptors (Lipinski definition) is 7. The summed E-state index contributed by atoms with van der Waals surface area (Å²) in [6.45, 7) is 6.90. The number of carboxylic acid groups (broad SMARTS) is 2. The molecule has 0 unspecified atom stereocenters. The van der Waals surface area contributed by atoms with Gasteiger partial charge >= 0.3 is 24.3 Å². The molecule has 1 saturated heterocycles. The van der Waals surface area contributed by atoms with Gasteiger partial charge in [-0.15, -0.1) is 0 Å². The first-order valence-electron chi connectivity index (χ1n) is 11.9. The van der Waals surface area contributed by atoms with Crippen molar-refractivity contribution in [1.82, 2.24) is 15.0 Å². The minimum absolute atomic E-state index is 0.307. The van der Waals surface area contributed by atoms with Crippen LogP contribution in [0.15, 0.2) is 29.0 Å². The van der Waals surface area contributed by atoms with Crippen molar-refractivity contribution in [2.45, 2.75) is 70.6 Å². The van der Waals surface area contributed by atoms with Gasteiger partial charge in [-0.25, -0.2) is 9.59 Å². The fourth-order valence-corrected chi connectivity index (χ4v) is 3.77. The highest BCUT2D eigenvalue weighted by Crippen LogP contribution is 2.32. The Bertz CT molecular complexity index is 1030. The molecule has 15 heteroatoms. The van der Waals surface area contributed by atoms with E-state index in [2.05, 4.69) is 21.1 Å². The number of pyridine rings is 1. The van der Waals surface area contributed by atoms with E-state index in [0.717, 1.165) is 49.9 Å². The molecular formula is C24H29F6N3O6. The van der Waals surface area contributed by atoms with Crippen LogP contribution in [0.3, 0.4) is 0 Å². The van der Waals surface area contributed by atoms with Crippen molar-refractivity contribution in [1.29, 1.82) is 0 Å². The number of rotatable bonds is 7. The number of ether oxygens (including phenoxy) is 1. The molecule has 0 spiro atoms. The van der Waals surface area contributed by atoms with Crippen LogP contribution in [0, 0.1) is 19.8 Å². The van der Waals surface area contributed by atoms with Crippen molar-refractivity contribution in [2.24, 2.45) is 5.92 Å². The van der Waals surface area contributed by atoms with Gasteiger partial charge in [0.2, 0.25) is 0 Å². The second-order valence-corrected chi connectivity index (χ2v) is 9.12. The smallest absolute Gasteiger partial charge is 0.475 e. The van der Waals surface area contributed by atoms with Gasteiger partial charge in [-0.05, 0) is 57.1 Å². The third-order valence-electron chi connectivity index (χ3n) is 6.04. The number of carboxylic acids is 2. The SMILES string of the molecule is Cc1noc(C)c1CN1CC[C@H](OCC2CC2)[C@@H]1Cc1cccnc1.O=C(O)C(F)(F)F.O=C(O)C(F)(F)F. The predicted molar refractivity (Wildman–Crippen MR) is 123 cm³/mol. The van der Waals surface area contributed by atoms with E-state index < -0.39 is 24.3 Å². The van der Waals surface area contributed by atoms with Crippen LogP contribution in [-0.2, 0) is 27.3 Å². The van der Waals surface area contributed by atoms with Gasteiger partial charge in [0, 0.05) is 43.7 Å². The molecule has 1 aliphatic heterocycles. The molecule has 2 aliphatic rings. The normalized spacial score (nSPS) is 19.5. The van der Waals surface area contributed by atoms with Gasteiger partial charge in [-0.3, -0.25) is 9.88 Å². The molecule has 4 rings (SSSR count). The van der Waals surface area contributed by atoms with Crippen LogP contribution in [0.1, 0.15) is 41.8 Å². The Labute approximate surface area is 219 Å². The number of likely N-dealkylation sites (tertiary alicyclic amines) is 1. The highest BCUT2D eigenvalue weighted by molar-refractivity contribution is 5.73. The summed E-state index contributed by atoms with van der Waals surface area (Å²) in [5.41, 5.74) is 3.50. The zero-order chi connectivity index (χ0) is 29.4. The third-order valence-corrected chi connectivity index (χ3v) is 6.04. The average Bonchev–Trinajstić information content (AvgIpc) is 3.53. The van der Waals surface area contributed by atoms with Gasteiger partial charge in [0.1, 0.15) is 5.76 Å². The van der Waals surface area contributed by atoms with Crippen LogP contribution < -0.4 is 0 Å². The van der Waals surface area contributed by atoms with Crippen LogP contribution in [0.4, 0.5) is 26.3 Å². The number of carbonyl (C=O) groups is 2. The van der Waals surface area contributed by atoms with E-state index in [1.807, 2.05) is 32.3 Å². The molecule has 2 fully saturated rings. The lowest BCUT2D eigenvalue weighted by Gasteiger charge is -2.28. The van der Waals surface area contributed by atoms with E-state index in [4.69, 9.17) is 29.1 Å². The summed E-state index contributed by atoms with van der Waals surface area (Å²) < 4.78 is 75.1. The second kappa shape index (κ2) is 13.7. The summed E-state index contributed by atoms with van der Waals surface area (Å²) in [4.78, 5) is 24.6. The lowest BCUT2D eigenvalue weighted by atomic mass is 10.0. The molecule has 39 heavy (non-hydrogen) atoms. The molecule has 0 amide bonds. The maximum absolute atomic E-state index is 10.6. The van der Waals surface area contributed by atoms with Crippen LogP contribution in [0.25, 0.3) is 0 Å². The molecule has 1 aliphatic carbocycles. The monoisotopic (exact) mass is 569 g/mol. The van der Waals surface area contributed by atoms with Crippen LogP contribution in [0.5, 0.6) is 0 Å². The van der Waals surface area contributed by atoms with E-state index in [-0.39, 0.29) is 0 Å². The van der Waals surface area contributed by atoms with Crippen molar-refractivity contribution >= 4 is 11.9 Å². The van der Waals surface area contributed by atoms with Crippen LogP contribution in [-0.4, -0.2) is 74.8 Å². The highest BCUT2D eigenvalue weighted by Gasteiger charge is 2.39. The number of aliphatic carboxylic acids is 2. The molecule has 2 aromatic heterocycles. The first-order chi connectivity index (χ1) is 18.1. The fourth-order valence-electron chi connectivity index (χ4n) is 3.77. The fraction of sp³-hybridized carbons (Fsp3) is 0.583. The van der Waals surface area contributed by atoms with E-state index in [0.29, 0.717) is 12.1 Å². The number of hydrogen-bond donors (Lipinski definition) is 2. The molecule has 1 saturated carbocycles. The molecule has 2 aromatic rings. The molecule has 3 heterocycles. The maximum Gasteiger partial charge on any atom is 0.490 e. The Morgan fingerprint density at radius 2 is 1.67 bits per heavy atom. The average molecular weight is 569 g/mol. The molecule has 0 radical (unpaired) electrons. The maximum atomic E-state index is 10.6. The van der Waals surface area contributed by atoms with Crippen molar-refractivity contribution in [3.63, 3.8) is 0 Å². The van der Waals surface area contributed by atoms with Crippen molar-refractivity contribution in [3.05, 3.63) is 47.1 Å². The minimum atomic E-state index is -5.08. The predicted octanol–water partition coefficient (Wildman–Crippen LogP) is 4.57. The Kier molecular flexibility index (Phi) is 11.3. The molecule has 2 N–H and O–H groups in total. The van der Waals surface area contributed by atoms with E-state index in [1.54, 1.807) is 0 Å². The topological polar surface area (TPSA) is 126 Å². The van der Waals surface area contributed by atoms with Crippen LogP contribution >= 0.6 is 0 Å². The first-order valence-corrected chi connectivity index (χ1v) is 11.9. The molecule has 2 atom stereocenters. The first kappa shape index (κ1) is 32.0. The number of aryl methyl sites for hydroxylation is 2. The van der Waals surface area contributed by atoms with Crippen molar-refractivity contribution in [3.8, 4) is 0 Å². The minimum Gasteiger partial charge on any atom is -0.475 e. The third kappa shape index (κ3) is 10.8. The summed E-state index contributed by atoms with van der Waals surface area (Å²) in [6.07, 6.45) is -1.30. The standard InChI is InChI=1S/C20H27N3O2.2C2HF3O2/c1-14-18(15(2)25-22-14)12-23-9-7-20(24-13-16-5-6-16)19(23)10-17-4-3-8-21-11-17;2*3-2(4,5)1(6)7/h3-4,8,11,16,19-20H,5-7,9-10,12-13H2,1-2H3;2*(H,6,7)/t19-,20-;;/m0../s1. The molecule has 9 nitrogen and oxygen atoms in total. The van der Waals surface area contributed by atoms with Gasteiger partial charge in [-0.1, -0.05) is 11.2 Å². The van der Waals surface area contributed by atoms with Crippen LogP contribution in [0.2, 0.25) is 0 Å². The van der Waals surface area contributed by atoms with E-state index in [9.17, 15) is 26.3 Å².